The van der Waals surface area contributed by atoms with Crippen LogP contribution in [0.2, 0.25) is 0 Å². The van der Waals surface area contributed by atoms with Crippen molar-refractivity contribution in [3.63, 3.8) is 0 Å². The second-order valence-electron chi connectivity index (χ2n) is 11.1. The Morgan fingerprint density at radius 3 is 2.17 bits per heavy atom. The summed E-state index contributed by atoms with van der Waals surface area (Å²) in [5.74, 6) is -0.923. The third-order valence-corrected chi connectivity index (χ3v) is 8.28. The molecule has 5 atom stereocenters. The summed E-state index contributed by atoms with van der Waals surface area (Å²) in [7, 11) is 0. The molecule has 3 aliphatic rings. The van der Waals surface area contributed by atoms with Gasteiger partial charge in [-0.1, -0.05) is 12.1 Å². The molecule has 0 radical (unpaired) electrons. The maximum absolute atomic E-state index is 13.8. The molecule has 2 aromatic carbocycles. The van der Waals surface area contributed by atoms with E-state index in [1.807, 2.05) is 0 Å². The molecule has 5 nitrogen and oxygen atoms in total. The quantitative estimate of drug-likeness (QED) is 0.386. The molecule has 1 amide bonds. The van der Waals surface area contributed by atoms with Gasteiger partial charge in [-0.2, -0.15) is 26.3 Å². The minimum atomic E-state index is -4.98. The first-order chi connectivity index (χ1) is 19.3. The second kappa shape index (κ2) is 11.5. The van der Waals surface area contributed by atoms with Crippen LogP contribution in [0.15, 0.2) is 42.5 Å². The van der Waals surface area contributed by atoms with Gasteiger partial charge in [0.25, 0.3) is 0 Å². The number of carbonyl (C=O) groups is 1. The SMILES string of the molecule is C[C@@H](O[C@H]1CN2C(=O)CC(CN3CCOCC3)C[C@H]2[C@@H]1c1ccc(F)cc1)c1cc(C(F)(F)F)cc(C(F)(F)F)c1. The van der Waals surface area contributed by atoms with Gasteiger partial charge in [0.05, 0.1) is 36.5 Å². The predicted octanol–water partition coefficient (Wildman–Crippen LogP) is 6.05. The Morgan fingerprint density at radius 1 is 0.976 bits per heavy atom. The monoisotopic (exact) mass is 588 g/mol. The molecule has 1 unspecified atom stereocenters. The Kier molecular flexibility index (Phi) is 8.37. The predicted molar refractivity (Wildman–Crippen MR) is 134 cm³/mol. The lowest BCUT2D eigenvalue weighted by atomic mass is 9.81. The number of halogens is 7. The van der Waals surface area contributed by atoms with Crippen LogP contribution in [-0.2, 0) is 26.6 Å². The maximum Gasteiger partial charge on any atom is 0.416 e. The number of hydrogen-bond acceptors (Lipinski definition) is 4. The fourth-order valence-corrected chi connectivity index (χ4v) is 6.33. The van der Waals surface area contributed by atoms with Crippen molar-refractivity contribution in [3.8, 4) is 0 Å². The van der Waals surface area contributed by atoms with Crippen LogP contribution in [0.1, 0.15) is 54.0 Å². The van der Waals surface area contributed by atoms with Gasteiger partial charge in [0.1, 0.15) is 5.82 Å². The van der Waals surface area contributed by atoms with Crippen molar-refractivity contribution < 1.29 is 45.0 Å². The minimum Gasteiger partial charge on any atom is -0.379 e. The van der Waals surface area contributed by atoms with E-state index in [1.54, 1.807) is 17.0 Å². The van der Waals surface area contributed by atoms with Crippen LogP contribution in [0.4, 0.5) is 30.7 Å². The Bertz CT molecular complexity index is 1200. The lowest BCUT2D eigenvalue weighted by molar-refractivity contribution is -0.143. The zero-order chi connectivity index (χ0) is 29.5. The van der Waals surface area contributed by atoms with Gasteiger partial charge in [0.15, 0.2) is 0 Å². The van der Waals surface area contributed by atoms with E-state index >= 15 is 0 Å². The van der Waals surface area contributed by atoms with E-state index in [0.717, 1.165) is 13.1 Å². The van der Waals surface area contributed by atoms with Crippen molar-refractivity contribution in [2.24, 2.45) is 5.92 Å². The first-order valence-electron chi connectivity index (χ1n) is 13.6. The fourth-order valence-electron chi connectivity index (χ4n) is 6.33. The van der Waals surface area contributed by atoms with Gasteiger partial charge in [0.2, 0.25) is 5.91 Å². The van der Waals surface area contributed by atoms with E-state index in [4.69, 9.17) is 9.47 Å². The van der Waals surface area contributed by atoms with Crippen molar-refractivity contribution in [1.82, 2.24) is 9.80 Å². The summed E-state index contributed by atoms with van der Waals surface area (Å²) in [6.45, 7) is 5.01. The largest absolute Gasteiger partial charge is 0.416 e. The Labute approximate surface area is 233 Å². The summed E-state index contributed by atoms with van der Waals surface area (Å²) >= 11 is 0. The number of piperidine rings is 1. The van der Waals surface area contributed by atoms with Gasteiger partial charge in [0, 0.05) is 44.6 Å². The number of morpholine rings is 1. The number of alkyl halides is 6. The van der Waals surface area contributed by atoms with Gasteiger partial charge >= 0.3 is 12.4 Å². The number of rotatable bonds is 6. The number of amides is 1. The molecule has 2 aromatic rings. The van der Waals surface area contributed by atoms with E-state index in [1.165, 1.54) is 19.1 Å². The molecule has 3 saturated heterocycles. The van der Waals surface area contributed by atoms with Crippen LogP contribution in [0.3, 0.4) is 0 Å². The topological polar surface area (TPSA) is 42.0 Å². The van der Waals surface area contributed by atoms with Crippen LogP contribution in [-0.4, -0.2) is 67.2 Å². The van der Waals surface area contributed by atoms with Crippen molar-refractivity contribution in [2.75, 3.05) is 39.4 Å². The molecular weight excluding hydrogens is 557 g/mol. The first kappa shape index (κ1) is 29.8. The van der Waals surface area contributed by atoms with Crippen molar-refractivity contribution >= 4 is 5.91 Å². The zero-order valence-corrected chi connectivity index (χ0v) is 22.3. The average molecular weight is 589 g/mol. The van der Waals surface area contributed by atoms with Gasteiger partial charge in [-0.25, -0.2) is 4.39 Å². The summed E-state index contributed by atoms with van der Waals surface area (Å²) < 4.78 is 106. The van der Waals surface area contributed by atoms with Crippen molar-refractivity contribution in [3.05, 3.63) is 70.5 Å². The van der Waals surface area contributed by atoms with Crippen molar-refractivity contribution in [1.29, 1.82) is 0 Å². The lowest BCUT2D eigenvalue weighted by Crippen LogP contribution is -2.48. The van der Waals surface area contributed by atoms with E-state index in [9.17, 15) is 35.5 Å². The van der Waals surface area contributed by atoms with Crippen LogP contribution >= 0.6 is 0 Å². The van der Waals surface area contributed by atoms with E-state index in [0.29, 0.717) is 50.3 Å². The third-order valence-electron chi connectivity index (χ3n) is 8.28. The van der Waals surface area contributed by atoms with Gasteiger partial charge in [-0.3, -0.25) is 9.69 Å². The average Bonchev–Trinajstić information content (AvgIpc) is 3.26. The minimum absolute atomic E-state index is 0.0544. The molecule has 5 rings (SSSR count). The fraction of sp³-hybridized carbons (Fsp3) is 0.552. The molecule has 0 saturated carbocycles. The molecule has 41 heavy (non-hydrogen) atoms. The lowest BCUT2D eigenvalue weighted by Gasteiger charge is -2.39. The standard InChI is InChI=1S/C29H31F7N2O3/c1-17(20-12-21(28(31,32)33)14-22(13-20)29(34,35)36)41-25-16-38-24(27(25)19-2-4-23(30)5-3-19)10-18(11-26(38)39)15-37-6-8-40-9-7-37/h2-5,12-14,17-18,24-25,27H,6-11,15-16H2,1H3/t17-,18?,24+,25+,27+/m1/s1. The van der Waals surface area contributed by atoms with Crippen LogP contribution in [0, 0.1) is 11.7 Å². The number of benzene rings is 2. The summed E-state index contributed by atoms with van der Waals surface area (Å²) in [6, 6.07) is 6.86. The Hall–Kier alpha value is -2.70. The van der Waals surface area contributed by atoms with E-state index < -0.39 is 47.4 Å². The third kappa shape index (κ3) is 6.70. The van der Waals surface area contributed by atoms with E-state index in [-0.39, 0.29) is 36.0 Å². The number of fused-ring (bicyclic) bond motifs is 1. The molecule has 3 fully saturated rings. The summed E-state index contributed by atoms with van der Waals surface area (Å²) in [4.78, 5) is 17.2. The smallest absolute Gasteiger partial charge is 0.379 e. The number of carbonyl (C=O) groups excluding carboxylic acids is 1. The molecule has 0 bridgehead atoms. The van der Waals surface area contributed by atoms with Gasteiger partial charge in [-0.15, -0.1) is 0 Å². The summed E-state index contributed by atoms with van der Waals surface area (Å²) in [5.41, 5.74) is -2.42. The van der Waals surface area contributed by atoms with E-state index in [2.05, 4.69) is 4.90 Å². The van der Waals surface area contributed by atoms with Crippen molar-refractivity contribution in [2.45, 2.75) is 56.3 Å². The summed E-state index contributed by atoms with van der Waals surface area (Å²) in [5, 5.41) is 0. The molecule has 0 aromatic heterocycles. The van der Waals surface area contributed by atoms with Gasteiger partial charge in [-0.05, 0) is 60.7 Å². The maximum atomic E-state index is 13.8. The molecule has 0 aliphatic carbocycles. The van der Waals surface area contributed by atoms with Crippen LogP contribution < -0.4 is 0 Å². The zero-order valence-electron chi connectivity index (χ0n) is 22.3. The van der Waals surface area contributed by atoms with Crippen LogP contribution in [0.5, 0.6) is 0 Å². The second-order valence-corrected chi connectivity index (χ2v) is 11.1. The Morgan fingerprint density at radius 2 is 1.59 bits per heavy atom. The highest BCUT2D eigenvalue weighted by Crippen LogP contribution is 2.45. The molecule has 0 N–H and O–H groups in total. The molecule has 3 aliphatic heterocycles. The van der Waals surface area contributed by atoms with Crippen LogP contribution in [0.25, 0.3) is 0 Å². The van der Waals surface area contributed by atoms with Gasteiger partial charge < -0.3 is 14.4 Å². The molecule has 0 spiro atoms. The summed E-state index contributed by atoms with van der Waals surface area (Å²) in [6.07, 6.45) is -10.9. The number of nitrogens with zero attached hydrogens (tertiary/aromatic N) is 2. The molecule has 224 valence electrons. The molecular formula is C29H31F7N2O3. The molecule has 12 heteroatoms. The highest BCUT2D eigenvalue weighted by atomic mass is 19.4. The number of ether oxygens (including phenoxy) is 2. The highest BCUT2D eigenvalue weighted by molar-refractivity contribution is 5.78. The Balaban J connectivity index is 1.43. The highest BCUT2D eigenvalue weighted by Gasteiger charge is 2.49. The molecule has 3 heterocycles. The number of hydrogen-bond donors (Lipinski definition) is 0. The first-order valence-corrected chi connectivity index (χ1v) is 13.6. The normalized spacial score (nSPS) is 26.7.